The van der Waals surface area contributed by atoms with Crippen LogP contribution in [0.4, 0.5) is 32.0 Å². The lowest BCUT2D eigenvalue weighted by molar-refractivity contribution is -0.272. The fraction of sp³-hybridized carbons (Fsp3) is 0.478. The molecule has 1 amide bonds. The molecule has 0 bridgehead atoms. The van der Waals surface area contributed by atoms with Gasteiger partial charge in [-0.3, -0.25) is 9.78 Å². The van der Waals surface area contributed by atoms with E-state index in [0.717, 1.165) is 33.2 Å². The van der Waals surface area contributed by atoms with E-state index in [2.05, 4.69) is 10.3 Å². The van der Waals surface area contributed by atoms with Crippen molar-refractivity contribution in [3.8, 4) is 5.75 Å². The number of ether oxygens (including phenoxy) is 2. The molecule has 0 radical (unpaired) electrons. The molecule has 1 aliphatic heterocycles. The number of nitrogens with zero attached hydrogens (tertiary/aromatic N) is 1. The highest BCUT2D eigenvalue weighted by Gasteiger charge is 2.66. The third-order valence-electron chi connectivity index (χ3n) is 6.45. The van der Waals surface area contributed by atoms with Crippen LogP contribution >= 0.6 is 0 Å². The molecule has 0 saturated carbocycles. The molecule has 2 aromatic rings. The van der Waals surface area contributed by atoms with Crippen molar-refractivity contribution in [2.24, 2.45) is 5.92 Å². The summed E-state index contributed by atoms with van der Waals surface area (Å²) in [6.07, 6.45) is -10.3. The zero-order valence-corrected chi connectivity index (χ0v) is 19.3. The van der Waals surface area contributed by atoms with E-state index >= 15 is 0 Å². The Morgan fingerprint density at radius 1 is 1.28 bits per heavy atom. The van der Waals surface area contributed by atoms with Gasteiger partial charge in [-0.2, -0.15) is 13.2 Å². The van der Waals surface area contributed by atoms with Crippen molar-refractivity contribution in [3.63, 3.8) is 0 Å². The molecule has 2 heterocycles. The zero-order chi connectivity index (χ0) is 27.0. The Labute approximate surface area is 202 Å². The van der Waals surface area contributed by atoms with Crippen molar-refractivity contribution in [3.05, 3.63) is 53.1 Å². The first-order valence-electron chi connectivity index (χ1n) is 10.7. The normalized spacial score (nSPS) is 25.2. The van der Waals surface area contributed by atoms with Crippen molar-refractivity contribution >= 4 is 11.6 Å². The smallest absolute Gasteiger partial charge is 0.417 e. The predicted octanol–water partition coefficient (Wildman–Crippen LogP) is 4.27. The van der Waals surface area contributed by atoms with Crippen molar-refractivity contribution in [1.29, 1.82) is 0 Å². The van der Waals surface area contributed by atoms with Crippen LogP contribution in [0.1, 0.15) is 49.1 Å². The molecule has 1 aromatic heterocycles. The summed E-state index contributed by atoms with van der Waals surface area (Å²) in [7, 11) is 0.969. The molecule has 1 aromatic carbocycles. The molecule has 0 unspecified atom stereocenters. The van der Waals surface area contributed by atoms with Crippen molar-refractivity contribution in [2.75, 3.05) is 19.0 Å². The quantitative estimate of drug-likeness (QED) is 0.470. The molecule has 3 rings (SSSR count). The number of aliphatic hydroxyl groups is 2. The van der Waals surface area contributed by atoms with Gasteiger partial charge < -0.3 is 25.0 Å². The zero-order valence-electron chi connectivity index (χ0n) is 19.3. The number of methoxy groups -OCH3 is 1. The standard InChI is InChI=1S/C23H24F6N2O5/c1-10-16(12-5-6-13(24)17(20(25)26)18(12)35-3)19(36-22(10,2)23(27,28)29)21(34)31-11-4-7-14(30-8-11)15(33)9-32/h4-8,10,15-16,19-20,32-33H,9H2,1-3H3,(H,31,34)/t10-,15+,16-,19+,22+/m0/s1. The lowest BCUT2D eigenvalue weighted by Crippen LogP contribution is -2.47. The van der Waals surface area contributed by atoms with Gasteiger partial charge in [0.15, 0.2) is 5.60 Å². The van der Waals surface area contributed by atoms with Crippen LogP contribution in [0.15, 0.2) is 30.5 Å². The third kappa shape index (κ3) is 4.87. The average molecular weight is 522 g/mol. The summed E-state index contributed by atoms with van der Waals surface area (Å²) in [6, 6.07) is 4.26. The van der Waals surface area contributed by atoms with Gasteiger partial charge in [0.1, 0.15) is 23.8 Å². The fourth-order valence-corrected chi connectivity index (χ4v) is 4.29. The van der Waals surface area contributed by atoms with Gasteiger partial charge in [-0.25, -0.2) is 13.2 Å². The van der Waals surface area contributed by atoms with E-state index in [0.29, 0.717) is 6.07 Å². The number of hydrogen-bond acceptors (Lipinski definition) is 6. The molecule has 0 aliphatic carbocycles. The maximum absolute atomic E-state index is 14.2. The largest absolute Gasteiger partial charge is 0.496 e. The topological polar surface area (TPSA) is 101 Å². The van der Waals surface area contributed by atoms with Crippen LogP contribution in [0.2, 0.25) is 0 Å². The van der Waals surface area contributed by atoms with Crippen molar-refractivity contribution in [1.82, 2.24) is 4.98 Å². The van der Waals surface area contributed by atoms with Crippen LogP contribution in [0, 0.1) is 11.7 Å². The number of hydrogen-bond donors (Lipinski definition) is 3. The lowest BCUT2D eigenvalue weighted by Gasteiger charge is -2.32. The Hall–Kier alpha value is -2.90. The highest BCUT2D eigenvalue weighted by Crippen LogP contribution is 2.55. The number of carbonyl (C=O) groups excluding carboxylic acids is 1. The number of amides is 1. The molecule has 5 atom stereocenters. The summed E-state index contributed by atoms with van der Waals surface area (Å²) in [5.41, 5.74) is -4.11. The number of aliphatic hydroxyl groups excluding tert-OH is 2. The number of halogens is 6. The SMILES string of the molecule is COc1c([C@H]2[C@H](C(=O)Nc3ccc([C@H](O)CO)nc3)O[C@@](C)(C(F)(F)F)[C@H]2C)ccc(F)c1C(F)F. The Kier molecular flexibility index (Phi) is 7.86. The summed E-state index contributed by atoms with van der Waals surface area (Å²) >= 11 is 0. The molecule has 3 N–H and O–H groups in total. The second-order valence-electron chi connectivity index (χ2n) is 8.50. The van der Waals surface area contributed by atoms with Crippen molar-refractivity contribution < 1.29 is 50.8 Å². The van der Waals surface area contributed by atoms with E-state index in [9.17, 15) is 36.2 Å². The summed E-state index contributed by atoms with van der Waals surface area (Å²) in [5, 5.41) is 21.0. The van der Waals surface area contributed by atoms with Crippen LogP contribution in [0.3, 0.4) is 0 Å². The molecule has 13 heteroatoms. The van der Waals surface area contributed by atoms with E-state index in [1.807, 2.05) is 0 Å². The number of pyridine rings is 1. The van der Waals surface area contributed by atoms with E-state index < -0.39 is 71.9 Å². The molecule has 0 spiro atoms. The van der Waals surface area contributed by atoms with Gasteiger partial charge >= 0.3 is 6.18 Å². The Morgan fingerprint density at radius 3 is 2.44 bits per heavy atom. The van der Waals surface area contributed by atoms with Gasteiger partial charge in [-0.15, -0.1) is 0 Å². The Bertz CT molecular complexity index is 1100. The Morgan fingerprint density at radius 2 is 1.94 bits per heavy atom. The molecule has 1 saturated heterocycles. The minimum absolute atomic E-state index is 0.0313. The molecule has 198 valence electrons. The minimum atomic E-state index is -4.94. The summed E-state index contributed by atoms with van der Waals surface area (Å²) < 4.78 is 93.7. The number of anilines is 1. The minimum Gasteiger partial charge on any atom is -0.496 e. The second kappa shape index (κ2) is 10.2. The fourth-order valence-electron chi connectivity index (χ4n) is 4.29. The second-order valence-corrected chi connectivity index (χ2v) is 8.50. The molecular weight excluding hydrogens is 498 g/mol. The maximum atomic E-state index is 14.2. The van der Waals surface area contributed by atoms with E-state index in [1.54, 1.807) is 0 Å². The number of rotatable bonds is 7. The van der Waals surface area contributed by atoms with Crippen LogP contribution in [0.5, 0.6) is 5.75 Å². The first-order chi connectivity index (χ1) is 16.8. The predicted molar refractivity (Wildman–Crippen MR) is 114 cm³/mol. The first kappa shape index (κ1) is 27.7. The van der Waals surface area contributed by atoms with Crippen LogP contribution < -0.4 is 10.1 Å². The summed E-state index contributed by atoms with van der Waals surface area (Å²) in [4.78, 5) is 17.0. The number of benzene rings is 1. The third-order valence-corrected chi connectivity index (χ3v) is 6.45. The molecule has 1 aliphatic rings. The average Bonchev–Trinajstić information content (AvgIpc) is 3.10. The van der Waals surface area contributed by atoms with Crippen LogP contribution in [0.25, 0.3) is 0 Å². The van der Waals surface area contributed by atoms with Gasteiger partial charge in [0.25, 0.3) is 12.3 Å². The lowest BCUT2D eigenvalue weighted by atomic mass is 9.76. The van der Waals surface area contributed by atoms with Gasteiger partial charge in [-0.05, 0) is 25.1 Å². The van der Waals surface area contributed by atoms with Gasteiger partial charge in [0.05, 0.1) is 36.9 Å². The first-order valence-corrected chi connectivity index (χ1v) is 10.7. The molecule has 7 nitrogen and oxygen atoms in total. The van der Waals surface area contributed by atoms with E-state index in [-0.39, 0.29) is 16.9 Å². The van der Waals surface area contributed by atoms with Crippen LogP contribution in [-0.2, 0) is 9.53 Å². The number of nitrogens with one attached hydrogen (secondary N) is 1. The van der Waals surface area contributed by atoms with Crippen LogP contribution in [-0.4, -0.2) is 52.7 Å². The summed E-state index contributed by atoms with van der Waals surface area (Å²) in [6.45, 7) is 1.29. The Balaban J connectivity index is 2.06. The highest BCUT2D eigenvalue weighted by atomic mass is 19.4. The molecule has 36 heavy (non-hydrogen) atoms. The highest BCUT2D eigenvalue weighted by molar-refractivity contribution is 5.95. The maximum Gasteiger partial charge on any atom is 0.417 e. The van der Waals surface area contributed by atoms with E-state index in [4.69, 9.17) is 14.6 Å². The number of alkyl halides is 5. The van der Waals surface area contributed by atoms with Gasteiger partial charge in [0, 0.05) is 17.4 Å². The molecule has 1 fully saturated rings. The van der Waals surface area contributed by atoms with Gasteiger partial charge in [0.2, 0.25) is 0 Å². The number of aromatic nitrogens is 1. The number of carbonyl (C=O) groups is 1. The summed E-state index contributed by atoms with van der Waals surface area (Å²) in [5.74, 6) is -5.94. The molecular formula is C23H24F6N2O5. The van der Waals surface area contributed by atoms with Crippen molar-refractivity contribution in [2.45, 2.75) is 50.2 Å². The monoisotopic (exact) mass is 522 g/mol. The van der Waals surface area contributed by atoms with E-state index in [1.165, 1.54) is 12.1 Å². The van der Waals surface area contributed by atoms with Gasteiger partial charge in [-0.1, -0.05) is 13.0 Å².